The zero-order valence-corrected chi connectivity index (χ0v) is 11.7. The Labute approximate surface area is 118 Å². The van der Waals surface area contributed by atoms with E-state index in [1.807, 2.05) is 30.5 Å². The van der Waals surface area contributed by atoms with Crippen molar-refractivity contribution in [2.24, 2.45) is 5.73 Å². The van der Waals surface area contributed by atoms with E-state index >= 15 is 0 Å². The lowest BCUT2D eigenvalue weighted by molar-refractivity contribution is 0.797. The van der Waals surface area contributed by atoms with Gasteiger partial charge in [0.05, 0.1) is 23.1 Å². The van der Waals surface area contributed by atoms with Gasteiger partial charge in [-0.05, 0) is 34.6 Å². The minimum Gasteiger partial charge on any atom is -0.330 e. The van der Waals surface area contributed by atoms with Gasteiger partial charge in [0.1, 0.15) is 0 Å². The quantitative estimate of drug-likeness (QED) is 0.803. The fourth-order valence-electron chi connectivity index (χ4n) is 1.98. The standard InChI is InChI=1S/C13H12BrN5/c14-10-6-9-2-1-3-12(13(9)16-7-10)19-8-11(4-5-15)17-18-19/h1-3,6-8H,4-5,15H2. The van der Waals surface area contributed by atoms with Crippen LogP contribution in [0.5, 0.6) is 0 Å². The Bertz CT molecular complexity index is 722. The number of halogens is 1. The lowest BCUT2D eigenvalue weighted by Gasteiger charge is -2.04. The molecule has 0 aliphatic rings. The molecule has 0 saturated heterocycles. The van der Waals surface area contributed by atoms with E-state index in [-0.39, 0.29) is 0 Å². The summed E-state index contributed by atoms with van der Waals surface area (Å²) in [5.74, 6) is 0. The minimum absolute atomic E-state index is 0.569. The average Bonchev–Trinajstić information content (AvgIpc) is 2.86. The first-order chi connectivity index (χ1) is 9.28. The summed E-state index contributed by atoms with van der Waals surface area (Å²) in [5, 5.41) is 9.30. The van der Waals surface area contributed by atoms with Gasteiger partial charge in [-0.2, -0.15) is 0 Å². The number of benzene rings is 1. The van der Waals surface area contributed by atoms with Crippen molar-refractivity contribution in [2.75, 3.05) is 6.54 Å². The third kappa shape index (κ3) is 2.36. The van der Waals surface area contributed by atoms with Crippen LogP contribution in [0.25, 0.3) is 16.6 Å². The van der Waals surface area contributed by atoms with Crippen LogP contribution in [0.1, 0.15) is 5.69 Å². The smallest absolute Gasteiger partial charge is 0.0960 e. The summed E-state index contributed by atoms with van der Waals surface area (Å²) in [5.41, 5.74) is 8.22. The van der Waals surface area contributed by atoms with Crippen LogP contribution in [-0.2, 0) is 6.42 Å². The second kappa shape index (κ2) is 5.07. The molecule has 3 aromatic rings. The molecule has 0 aliphatic heterocycles. The van der Waals surface area contributed by atoms with Gasteiger partial charge in [-0.15, -0.1) is 5.10 Å². The lowest BCUT2D eigenvalue weighted by Crippen LogP contribution is -2.02. The molecule has 0 radical (unpaired) electrons. The predicted molar refractivity (Wildman–Crippen MR) is 77.1 cm³/mol. The Morgan fingerprint density at radius 3 is 3.05 bits per heavy atom. The van der Waals surface area contributed by atoms with E-state index in [2.05, 4.69) is 31.2 Å². The van der Waals surface area contributed by atoms with E-state index in [1.165, 1.54) is 0 Å². The van der Waals surface area contributed by atoms with Gasteiger partial charge in [-0.1, -0.05) is 17.3 Å². The number of rotatable bonds is 3. The molecule has 1 aromatic carbocycles. The molecule has 5 nitrogen and oxygen atoms in total. The Balaban J connectivity index is 2.13. The van der Waals surface area contributed by atoms with Crippen LogP contribution in [0.15, 0.2) is 41.1 Å². The summed E-state index contributed by atoms with van der Waals surface area (Å²) in [6.07, 6.45) is 4.40. The van der Waals surface area contributed by atoms with Crippen LogP contribution in [0, 0.1) is 0 Å². The van der Waals surface area contributed by atoms with Gasteiger partial charge in [-0.3, -0.25) is 4.98 Å². The molecule has 0 unspecified atom stereocenters. The van der Waals surface area contributed by atoms with Crippen LogP contribution in [0.3, 0.4) is 0 Å². The number of aromatic nitrogens is 4. The molecule has 19 heavy (non-hydrogen) atoms. The van der Waals surface area contributed by atoms with Gasteiger partial charge >= 0.3 is 0 Å². The number of fused-ring (bicyclic) bond motifs is 1. The first kappa shape index (κ1) is 12.3. The highest BCUT2D eigenvalue weighted by molar-refractivity contribution is 9.10. The maximum Gasteiger partial charge on any atom is 0.0960 e. The third-order valence-electron chi connectivity index (χ3n) is 2.84. The highest BCUT2D eigenvalue weighted by Crippen LogP contribution is 2.22. The average molecular weight is 318 g/mol. The first-order valence-electron chi connectivity index (χ1n) is 5.94. The summed E-state index contributed by atoms with van der Waals surface area (Å²) >= 11 is 3.43. The van der Waals surface area contributed by atoms with Crippen LogP contribution in [-0.4, -0.2) is 26.5 Å². The number of nitrogens with zero attached hydrogens (tertiary/aromatic N) is 4. The van der Waals surface area contributed by atoms with Crippen molar-refractivity contribution in [1.29, 1.82) is 0 Å². The fourth-order valence-corrected chi connectivity index (χ4v) is 2.33. The number of pyridine rings is 1. The fraction of sp³-hybridized carbons (Fsp3) is 0.154. The van der Waals surface area contributed by atoms with Crippen LogP contribution >= 0.6 is 15.9 Å². The van der Waals surface area contributed by atoms with Crippen molar-refractivity contribution < 1.29 is 0 Å². The third-order valence-corrected chi connectivity index (χ3v) is 3.28. The summed E-state index contributed by atoms with van der Waals surface area (Å²) in [4.78, 5) is 4.45. The maximum absolute atomic E-state index is 5.52. The molecule has 96 valence electrons. The summed E-state index contributed by atoms with van der Waals surface area (Å²) in [6, 6.07) is 8.01. The van der Waals surface area contributed by atoms with E-state index in [9.17, 15) is 0 Å². The summed E-state index contributed by atoms with van der Waals surface area (Å²) < 4.78 is 2.70. The Hall–Kier alpha value is -1.79. The molecule has 6 heteroatoms. The molecule has 0 fully saturated rings. The molecule has 0 bridgehead atoms. The zero-order valence-electron chi connectivity index (χ0n) is 10.1. The lowest BCUT2D eigenvalue weighted by atomic mass is 10.2. The van der Waals surface area contributed by atoms with Crippen molar-refractivity contribution in [3.8, 4) is 5.69 Å². The maximum atomic E-state index is 5.52. The second-order valence-electron chi connectivity index (χ2n) is 4.20. The van der Waals surface area contributed by atoms with Crippen LogP contribution in [0.2, 0.25) is 0 Å². The number of hydrogen-bond acceptors (Lipinski definition) is 4. The zero-order chi connectivity index (χ0) is 13.2. The molecular weight excluding hydrogens is 306 g/mol. The Morgan fingerprint density at radius 1 is 1.32 bits per heavy atom. The van der Waals surface area contributed by atoms with Gasteiger partial charge in [-0.25, -0.2) is 4.68 Å². The molecule has 2 N–H and O–H groups in total. The highest BCUT2D eigenvalue weighted by atomic mass is 79.9. The van der Waals surface area contributed by atoms with E-state index in [1.54, 1.807) is 10.9 Å². The van der Waals surface area contributed by atoms with Crippen LogP contribution < -0.4 is 5.73 Å². The minimum atomic E-state index is 0.569. The van der Waals surface area contributed by atoms with Gasteiger partial charge in [0.2, 0.25) is 0 Å². The monoisotopic (exact) mass is 317 g/mol. The van der Waals surface area contributed by atoms with Gasteiger partial charge in [0.25, 0.3) is 0 Å². The normalized spacial score (nSPS) is 11.1. The Kier molecular flexibility index (Phi) is 3.27. The van der Waals surface area contributed by atoms with E-state index in [0.717, 1.165) is 33.2 Å². The van der Waals surface area contributed by atoms with Crippen molar-refractivity contribution in [3.05, 3.63) is 46.8 Å². The van der Waals surface area contributed by atoms with Gasteiger partial charge in [0, 0.05) is 22.5 Å². The van der Waals surface area contributed by atoms with Gasteiger partial charge in [0.15, 0.2) is 0 Å². The molecule has 0 atom stereocenters. The number of nitrogens with two attached hydrogens (primary N) is 1. The largest absolute Gasteiger partial charge is 0.330 e. The Morgan fingerprint density at radius 2 is 2.21 bits per heavy atom. The summed E-state index contributed by atoms with van der Waals surface area (Å²) in [6.45, 7) is 0.569. The van der Waals surface area contributed by atoms with Crippen LogP contribution in [0.4, 0.5) is 0 Å². The SMILES string of the molecule is NCCc1cn(-c2cccc3cc(Br)cnc23)nn1. The molecule has 3 rings (SSSR count). The molecule has 0 spiro atoms. The molecule has 0 aliphatic carbocycles. The molecule has 0 amide bonds. The highest BCUT2D eigenvalue weighted by Gasteiger charge is 2.07. The van der Waals surface area contributed by atoms with Crippen molar-refractivity contribution in [2.45, 2.75) is 6.42 Å². The number of hydrogen-bond donors (Lipinski definition) is 1. The first-order valence-corrected chi connectivity index (χ1v) is 6.73. The van der Waals surface area contributed by atoms with Crippen molar-refractivity contribution in [1.82, 2.24) is 20.0 Å². The van der Waals surface area contributed by atoms with Gasteiger partial charge < -0.3 is 5.73 Å². The topological polar surface area (TPSA) is 69.6 Å². The molecule has 2 aromatic heterocycles. The predicted octanol–water partition coefficient (Wildman–Crippen LogP) is 2.08. The second-order valence-corrected chi connectivity index (χ2v) is 5.11. The van der Waals surface area contributed by atoms with E-state index in [4.69, 9.17) is 5.73 Å². The van der Waals surface area contributed by atoms with Crippen molar-refractivity contribution >= 4 is 26.8 Å². The summed E-state index contributed by atoms with van der Waals surface area (Å²) in [7, 11) is 0. The molecule has 0 saturated carbocycles. The van der Waals surface area contributed by atoms with Crippen molar-refractivity contribution in [3.63, 3.8) is 0 Å². The molecule has 2 heterocycles. The van der Waals surface area contributed by atoms with E-state index < -0.39 is 0 Å². The van der Waals surface area contributed by atoms with E-state index in [0.29, 0.717) is 6.54 Å². The number of para-hydroxylation sites is 1. The molecular formula is C13H12BrN5.